The van der Waals surface area contributed by atoms with Crippen molar-refractivity contribution in [2.45, 2.75) is 45.3 Å². The smallest absolute Gasteiger partial charge is 0.251 e. The van der Waals surface area contributed by atoms with Crippen LogP contribution >= 0.6 is 11.6 Å². The van der Waals surface area contributed by atoms with Crippen LogP contribution in [0.15, 0.2) is 35.0 Å². The van der Waals surface area contributed by atoms with Crippen LogP contribution in [-0.4, -0.2) is 77.5 Å². The summed E-state index contributed by atoms with van der Waals surface area (Å²) >= 11 is 6.19. The van der Waals surface area contributed by atoms with Crippen molar-refractivity contribution in [3.63, 3.8) is 0 Å². The third kappa shape index (κ3) is 6.18. The molecule has 0 aliphatic carbocycles. The Morgan fingerprint density at radius 2 is 2.13 bits per heavy atom. The number of aryl methyl sites for hydroxylation is 1. The lowest BCUT2D eigenvalue weighted by atomic mass is 9.98. The molecule has 4 heterocycles. The van der Waals surface area contributed by atoms with Crippen molar-refractivity contribution in [3.05, 3.63) is 46.3 Å². The van der Waals surface area contributed by atoms with Crippen molar-refractivity contribution < 1.29 is 18.3 Å². The summed E-state index contributed by atoms with van der Waals surface area (Å²) in [5.41, 5.74) is 2.38. The molecule has 13 heteroatoms. The number of aliphatic hydroxyl groups excluding tert-OH is 1. The van der Waals surface area contributed by atoms with Crippen LogP contribution in [0, 0.1) is 24.2 Å². The molecule has 11 nitrogen and oxygen atoms in total. The SMILES string of the molecule is CC=C(Cl)C=C(CNS(C)(=O)=O)C(=O)N1CCCCC1c1cc2nc(N3CC(O)C(C#N)C3)c(C)cn2n1. The van der Waals surface area contributed by atoms with Gasteiger partial charge < -0.3 is 14.9 Å². The van der Waals surface area contributed by atoms with Gasteiger partial charge in [0, 0.05) is 54.6 Å². The molecule has 2 aromatic rings. The molecule has 3 unspecified atom stereocenters. The van der Waals surface area contributed by atoms with Crippen molar-refractivity contribution in [1.82, 2.24) is 24.2 Å². The number of aliphatic hydroxyl groups is 1. The van der Waals surface area contributed by atoms with Gasteiger partial charge in [-0.05, 0) is 39.2 Å². The highest BCUT2D eigenvalue weighted by molar-refractivity contribution is 7.88. The number of halogens is 1. The second kappa shape index (κ2) is 11.4. The van der Waals surface area contributed by atoms with Crippen LogP contribution in [0.2, 0.25) is 0 Å². The number of allylic oxidation sites excluding steroid dienone is 3. The number of hydrogen-bond donors (Lipinski definition) is 2. The Morgan fingerprint density at radius 3 is 2.79 bits per heavy atom. The summed E-state index contributed by atoms with van der Waals surface area (Å²) in [7, 11) is -3.52. The lowest BCUT2D eigenvalue weighted by molar-refractivity contribution is -0.131. The minimum absolute atomic E-state index is 0.175. The number of fused-ring (bicyclic) bond motifs is 1. The van der Waals surface area contributed by atoms with E-state index in [9.17, 15) is 23.6 Å². The van der Waals surface area contributed by atoms with Gasteiger partial charge in [-0.25, -0.2) is 22.6 Å². The standard InChI is InChI=1S/C25H32ClN7O4S/c1-4-19(26)9-17(12-28-38(3,36)37)25(35)32-8-6-5-7-21(32)20-10-23-29-24(16(2)13-33(23)30-20)31-14-18(11-27)22(34)15-31/h4,9-10,13,18,21-22,28,34H,5-8,12,14-15H2,1-3H3. The number of β-amino-alcohol motifs (C(OH)–C–C–N with tert-alkyl or cyclic N) is 1. The molecule has 2 aliphatic heterocycles. The number of amides is 1. The molecule has 2 aromatic heterocycles. The molecule has 3 atom stereocenters. The van der Waals surface area contributed by atoms with Crippen LogP contribution in [0.25, 0.3) is 5.65 Å². The lowest BCUT2D eigenvalue weighted by Gasteiger charge is -2.35. The van der Waals surface area contributed by atoms with Crippen LogP contribution in [0.3, 0.4) is 0 Å². The van der Waals surface area contributed by atoms with Crippen molar-refractivity contribution in [2.24, 2.45) is 5.92 Å². The minimum Gasteiger partial charge on any atom is -0.390 e. The largest absolute Gasteiger partial charge is 0.390 e. The van der Waals surface area contributed by atoms with E-state index in [1.165, 1.54) is 6.08 Å². The molecule has 2 N–H and O–H groups in total. The van der Waals surface area contributed by atoms with E-state index in [0.717, 1.165) is 24.7 Å². The number of nitrogens with zero attached hydrogens (tertiary/aromatic N) is 6. The molecular weight excluding hydrogens is 530 g/mol. The second-order valence-corrected chi connectivity index (χ2v) is 12.0. The Hall–Kier alpha value is -2.98. The number of nitrogens with one attached hydrogen (secondary N) is 1. The lowest BCUT2D eigenvalue weighted by Crippen LogP contribution is -2.41. The number of rotatable bonds is 7. The first-order valence-corrected chi connectivity index (χ1v) is 14.7. The normalized spacial score (nSPS) is 23.2. The monoisotopic (exact) mass is 561 g/mol. The fourth-order valence-electron chi connectivity index (χ4n) is 4.90. The Morgan fingerprint density at radius 1 is 1.37 bits per heavy atom. The van der Waals surface area contributed by atoms with Crippen LogP contribution in [0.5, 0.6) is 0 Å². The topological polar surface area (TPSA) is 144 Å². The van der Waals surface area contributed by atoms with Gasteiger partial charge in [-0.1, -0.05) is 17.7 Å². The highest BCUT2D eigenvalue weighted by Gasteiger charge is 2.34. The van der Waals surface area contributed by atoms with Gasteiger partial charge in [0.2, 0.25) is 10.0 Å². The first-order valence-electron chi connectivity index (χ1n) is 12.5. The van der Waals surface area contributed by atoms with E-state index in [-0.39, 0.29) is 24.1 Å². The zero-order valence-electron chi connectivity index (χ0n) is 21.6. The Kier molecular flexibility index (Phi) is 8.42. The molecule has 1 amide bonds. The average molecular weight is 562 g/mol. The van der Waals surface area contributed by atoms with Gasteiger partial charge in [0.05, 0.1) is 36.1 Å². The van der Waals surface area contributed by atoms with Crippen molar-refractivity contribution in [2.75, 3.05) is 37.3 Å². The van der Waals surface area contributed by atoms with E-state index in [0.29, 0.717) is 48.2 Å². The zero-order valence-corrected chi connectivity index (χ0v) is 23.2. The zero-order chi connectivity index (χ0) is 27.6. The number of anilines is 1. The molecule has 0 spiro atoms. The summed E-state index contributed by atoms with van der Waals surface area (Å²) in [5, 5.41) is 24.5. The predicted molar refractivity (Wildman–Crippen MR) is 144 cm³/mol. The average Bonchev–Trinajstić information content (AvgIpc) is 3.47. The quantitative estimate of drug-likeness (QED) is 0.386. The number of nitriles is 1. The van der Waals surface area contributed by atoms with E-state index in [4.69, 9.17) is 21.7 Å². The molecule has 0 aromatic carbocycles. The summed E-state index contributed by atoms with van der Waals surface area (Å²) < 4.78 is 27.5. The highest BCUT2D eigenvalue weighted by atomic mass is 35.5. The molecule has 4 rings (SSSR count). The summed E-state index contributed by atoms with van der Waals surface area (Å²) in [6.45, 7) is 4.70. The Bertz CT molecular complexity index is 1430. The summed E-state index contributed by atoms with van der Waals surface area (Å²) in [6, 6.07) is 3.68. The van der Waals surface area contributed by atoms with E-state index in [1.54, 1.807) is 22.4 Å². The first kappa shape index (κ1) is 28.0. The number of hydrogen-bond acceptors (Lipinski definition) is 8. The summed E-state index contributed by atoms with van der Waals surface area (Å²) in [4.78, 5) is 22.1. The van der Waals surface area contributed by atoms with Crippen LogP contribution in [0.1, 0.15) is 43.5 Å². The molecule has 2 fully saturated rings. The van der Waals surface area contributed by atoms with Gasteiger partial charge in [-0.15, -0.1) is 0 Å². The molecule has 0 radical (unpaired) electrons. The molecule has 0 bridgehead atoms. The molecule has 2 saturated heterocycles. The Balaban J connectivity index is 1.64. The van der Waals surface area contributed by atoms with E-state index < -0.39 is 22.0 Å². The maximum Gasteiger partial charge on any atom is 0.251 e. The van der Waals surface area contributed by atoms with E-state index in [2.05, 4.69) is 10.8 Å². The predicted octanol–water partition coefficient (Wildman–Crippen LogP) is 2.03. The molecule has 204 valence electrons. The van der Waals surface area contributed by atoms with Crippen LogP contribution in [0.4, 0.5) is 5.82 Å². The molecule has 0 saturated carbocycles. The van der Waals surface area contributed by atoms with Crippen molar-refractivity contribution in [3.8, 4) is 6.07 Å². The fourth-order valence-corrected chi connectivity index (χ4v) is 5.45. The van der Waals surface area contributed by atoms with Gasteiger partial charge in [-0.3, -0.25) is 4.79 Å². The van der Waals surface area contributed by atoms with Crippen molar-refractivity contribution in [1.29, 1.82) is 5.26 Å². The van der Waals surface area contributed by atoms with Crippen LogP contribution in [-0.2, 0) is 14.8 Å². The molecular formula is C25H32ClN7O4S. The maximum absolute atomic E-state index is 13.7. The third-order valence-electron chi connectivity index (χ3n) is 6.87. The number of likely N-dealkylation sites (tertiary alicyclic amines) is 1. The van der Waals surface area contributed by atoms with Gasteiger partial charge in [-0.2, -0.15) is 10.4 Å². The second-order valence-electron chi connectivity index (χ2n) is 9.77. The number of sulfonamides is 1. The highest BCUT2D eigenvalue weighted by Crippen LogP contribution is 2.33. The fraction of sp³-hybridized carbons (Fsp3) is 0.520. The number of piperidine rings is 1. The number of carbonyl (C=O) groups is 1. The maximum atomic E-state index is 13.7. The van der Waals surface area contributed by atoms with Crippen LogP contribution < -0.4 is 9.62 Å². The van der Waals surface area contributed by atoms with Gasteiger partial charge in [0.25, 0.3) is 5.91 Å². The Labute approximate surface area is 227 Å². The van der Waals surface area contributed by atoms with E-state index in [1.807, 2.05) is 24.1 Å². The van der Waals surface area contributed by atoms with Gasteiger partial charge in [0.15, 0.2) is 5.65 Å². The number of aromatic nitrogens is 3. The first-order chi connectivity index (χ1) is 18.0. The van der Waals surface area contributed by atoms with Crippen molar-refractivity contribution >= 4 is 39.0 Å². The van der Waals surface area contributed by atoms with E-state index >= 15 is 0 Å². The third-order valence-corrected chi connectivity index (χ3v) is 7.87. The minimum atomic E-state index is -3.52. The summed E-state index contributed by atoms with van der Waals surface area (Å²) in [5.74, 6) is -0.0816. The summed E-state index contributed by atoms with van der Waals surface area (Å²) in [6.07, 6.45) is 7.73. The van der Waals surface area contributed by atoms with Gasteiger partial charge >= 0.3 is 0 Å². The van der Waals surface area contributed by atoms with Gasteiger partial charge in [0.1, 0.15) is 5.82 Å². The number of carbonyl (C=O) groups excluding carboxylic acids is 1. The molecule has 2 aliphatic rings. The molecule has 38 heavy (non-hydrogen) atoms.